The maximum absolute atomic E-state index is 13.0. The number of hydrogen-bond acceptors (Lipinski definition) is 6. The number of aryl methyl sites for hydroxylation is 1. The Morgan fingerprint density at radius 2 is 1.88 bits per heavy atom. The van der Waals surface area contributed by atoms with Crippen molar-refractivity contribution in [2.75, 3.05) is 18.4 Å². The van der Waals surface area contributed by atoms with Gasteiger partial charge < -0.3 is 4.74 Å². The fraction of sp³-hybridized carbons (Fsp3) is 0.227. The number of carbonyl (C=O) groups is 1. The van der Waals surface area contributed by atoms with E-state index in [1.165, 1.54) is 17.9 Å². The van der Waals surface area contributed by atoms with Gasteiger partial charge in [0.2, 0.25) is 0 Å². The number of rotatable bonds is 9. The quantitative estimate of drug-likeness (QED) is 0.325. The van der Waals surface area contributed by atoms with Gasteiger partial charge in [-0.1, -0.05) is 18.2 Å². The molecule has 10 nitrogen and oxygen atoms in total. The lowest BCUT2D eigenvalue weighted by atomic mass is 10.1. The number of ether oxygens (including phenoxy) is 1. The Hall–Kier alpha value is -3.70. The molecule has 11 heteroatoms. The van der Waals surface area contributed by atoms with Gasteiger partial charge in [-0.2, -0.15) is 8.42 Å². The van der Waals surface area contributed by atoms with Crippen molar-refractivity contribution in [1.29, 1.82) is 0 Å². The average Bonchev–Trinajstić information content (AvgIpc) is 3.07. The summed E-state index contributed by atoms with van der Waals surface area (Å²) in [6.07, 6.45) is 1.55. The molecule has 0 saturated heterocycles. The van der Waals surface area contributed by atoms with E-state index in [2.05, 4.69) is 19.5 Å². The van der Waals surface area contributed by atoms with Crippen LogP contribution in [-0.2, 0) is 26.2 Å². The normalized spacial score (nSPS) is 11.6. The summed E-state index contributed by atoms with van der Waals surface area (Å²) in [4.78, 5) is 29.2. The van der Waals surface area contributed by atoms with Crippen LogP contribution < -0.4 is 15.0 Å². The summed E-state index contributed by atoms with van der Waals surface area (Å²) >= 11 is 0. The van der Waals surface area contributed by atoms with Crippen molar-refractivity contribution >= 4 is 33.8 Å². The number of para-hydroxylation sites is 1. The molecule has 3 N–H and O–H groups in total. The van der Waals surface area contributed by atoms with Crippen LogP contribution in [0.1, 0.15) is 23.7 Å². The van der Waals surface area contributed by atoms with E-state index in [4.69, 9.17) is 4.74 Å². The maximum Gasteiger partial charge on any atom is 0.310 e. The summed E-state index contributed by atoms with van der Waals surface area (Å²) < 4.78 is 34.1. The molecule has 0 aliphatic rings. The second-order valence-electron chi connectivity index (χ2n) is 7.02. The fourth-order valence-electron chi connectivity index (χ4n) is 3.07. The largest absolute Gasteiger partial charge is 0.466 e. The molecule has 2 aromatic carbocycles. The van der Waals surface area contributed by atoms with Crippen LogP contribution >= 0.6 is 0 Å². The van der Waals surface area contributed by atoms with E-state index >= 15 is 0 Å². The van der Waals surface area contributed by atoms with Gasteiger partial charge in [0.15, 0.2) is 0 Å². The number of carbonyl (C=O) groups excluding carboxylic acids is 1. The highest BCUT2D eigenvalue weighted by Gasteiger charge is 2.13. The zero-order valence-electron chi connectivity index (χ0n) is 18.5. The topological polar surface area (TPSA) is 135 Å². The predicted molar refractivity (Wildman–Crippen MR) is 127 cm³/mol. The van der Waals surface area contributed by atoms with E-state index in [0.29, 0.717) is 40.5 Å². The molecule has 0 aliphatic heterocycles. The number of H-pyrrole nitrogens is 1. The molecule has 0 radical (unpaired) electrons. The zero-order valence-corrected chi connectivity index (χ0v) is 19.3. The van der Waals surface area contributed by atoms with Crippen LogP contribution in [0.2, 0.25) is 0 Å². The minimum absolute atomic E-state index is 0.0847. The molecule has 0 aliphatic carbocycles. The molecule has 0 atom stereocenters. The van der Waals surface area contributed by atoms with Crippen LogP contribution in [0.5, 0.6) is 0 Å². The first kappa shape index (κ1) is 24.0. The molecule has 1 aromatic heterocycles. The van der Waals surface area contributed by atoms with Gasteiger partial charge in [-0.15, -0.1) is 0 Å². The molecule has 1 heterocycles. The lowest BCUT2D eigenvalue weighted by Crippen LogP contribution is -2.26. The molecular weight excluding hydrogens is 446 g/mol. The van der Waals surface area contributed by atoms with E-state index in [0.717, 1.165) is 0 Å². The number of nitrogens with zero attached hydrogens (tertiary/aromatic N) is 2. The van der Waals surface area contributed by atoms with Crippen molar-refractivity contribution in [2.24, 2.45) is 4.99 Å². The van der Waals surface area contributed by atoms with Gasteiger partial charge in [-0.05, 0) is 49.7 Å². The van der Waals surface area contributed by atoms with Gasteiger partial charge in [0.05, 0.1) is 30.0 Å². The lowest BCUT2D eigenvalue weighted by molar-refractivity contribution is -0.142. The number of esters is 1. The summed E-state index contributed by atoms with van der Waals surface area (Å²) in [6.45, 7) is 3.80. The molecular formula is C22H25N5O5S. The van der Waals surface area contributed by atoms with Gasteiger partial charge in [0.25, 0.3) is 15.8 Å². The summed E-state index contributed by atoms with van der Waals surface area (Å²) in [5, 5.41) is 3.00. The molecule has 0 saturated carbocycles. The molecule has 0 spiro atoms. The molecule has 174 valence electrons. The van der Waals surface area contributed by atoms with Crippen molar-refractivity contribution < 1.29 is 17.9 Å². The van der Waals surface area contributed by atoms with Gasteiger partial charge >= 0.3 is 5.97 Å². The molecule has 3 rings (SSSR count). The number of benzene rings is 2. The number of aromatic amines is 1. The fourth-order valence-corrected chi connectivity index (χ4v) is 3.61. The van der Waals surface area contributed by atoms with Crippen molar-refractivity contribution in [3.63, 3.8) is 0 Å². The van der Waals surface area contributed by atoms with Gasteiger partial charge in [-0.3, -0.25) is 24.4 Å². The minimum atomic E-state index is -3.63. The number of aromatic nitrogens is 2. The highest BCUT2D eigenvalue weighted by molar-refractivity contribution is 7.90. The third kappa shape index (κ3) is 5.96. The SMILES string of the molecule is CCOC(=O)Cc1ccccc1N=Cc1c(C)[nH]n(-c2ccc(NS(=O)(=O)NC)cc2)c1=O. The number of anilines is 1. The van der Waals surface area contributed by atoms with Crippen molar-refractivity contribution in [3.8, 4) is 5.69 Å². The molecule has 33 heavy (non-hydrogen) atoms. The number of aliphatic imine (C=N–C) groups is 1. The highest BCUT2D eigenvalue weighted by atomic mass is 32.2. The van der Waals surface area contributed by atoms with Crippen LogP contribution in [-0.4, -0.2) is 44.0 Å². The Balaban J connectivity index is 1.86. The van der Waals surface area contributed by atoms with E-state index < -0.39 is 10.2 Å². The molecule has 0 amide bonds. The van der Waals surface area contributed by atoms with Crippen molar-refractivity contribution in [3.05, 3.63) is 75.7 Å². The Bertz CT molecular complexity index is 1320. The smallest absolute Gasteiger partial charge is 0.310 e. The van der Waals surface area contributed by atoms with Crippen LogP contribution in [0, 0.1) is 6.92 Å². The lowest BCUT2D eigenvalue weighted by Gasteiger charge is -2.07. The zero-order chi connectivity index (χ0) is 24.0. The minimum Gasteiger partial charge on any atom is -0.466 e. The highest BCUT2D eigenvalue weighted by Crippen LogP contribution is 2.20. The van der Waals surface area contributed by atoms with Crippen LogP contribution in [0.3, 0.4) is 0 Å². The molecule has 0 fully saturated rings. The van der Waals surface area contributed by atoms with Crippen LogP contribution in [0.25, 0.3) is 5.69 Å². The summed E-state index contributed by atoms with van der Waals surface area (Å²) in [5.41, 5.74) is 2.79. The second-order valence-corrected chi connectivity index (χ2v) is 8.64. The molecule has 3 aromatic rings. The van der Waals surface area contributed by atoms with Crippen molar-refractivity contribution in [2.45, 2.75) is 20.3 Å². The first-order valence-electron chi connectivity index (χ1n) is 10.1. The standard InChI is InChI=1S/C22H25N5O5S/c1-4-32-21(28)13-16-7-5-6-8-20(16)24-14-19-15(2)25-27(22(19)29)18-11-9-17(10-12-18)26-33(30,31)23-3/h5-12,14,23,25-26H,4,13H2,1-3H3. The van der Waals surface area contributed by atoms with Crippen LogP contribution in [0.15, 0.2) is 58.3 Å². The average molecular weight is 472 g/mol. The number of hydrogen-bond donors (Lipinski definition) is 3. The third-order valence-electron chi connectivity index (χ3n) is 4.73. The Morgan fingerprint density at radius 1 is 1.18 bits per heavy atom. The van der Waals surface area contributed by atoms with Gasteiger partial charge in [-0.25, -0.2) is 9.40 Å². The molecule has 0 bridgehead atoms. The predicted octanol–water partition coefficient (Wildman–Crippen LogP) is 2.21. The van der Waals surface area contributed by atoms with Crippen molar-refractivity contribution in [1.82, 2.24) is 14.5 Å². The first-order valence-corrected chi connectivity index (χ1v) is 11.6. The Labute approximate surface area is 191 Å². The third-order valence-corrected chi connectivity index (χ3v) is 5.77. The van der Waals surface area contributed by atoms with E-state index in [1.54, 1.807) is 56.3 Å². The number of nitrogens with one attached hydrogen (secondary N) is 3. The Morgan fingerprint density at radius 3 is 2.55 bits per heavy atom. The summed E-state index contributed by atoms with van der Waals surface area (Å²) in [6, 6.07) is 13.5. The maximum atomic E-state index is 13.0. The van der Waals surface area contributed by atoms with E-state index in [9.17, 15) is 18.0 Å². The monoisotopic (exact) mass is 471 g/mol. The van der Waals surface area contributed by atoms with E-state index in [1.807, 2.05) is 6.07 Å². The molecule has 0 unspecified atom stereocenters. The Kier molecular flexibility index (Phi) is 7.46. The van der Waals surface area contributed by atoms with Gasteiger partial charge in [0, 0.05) is 24.6 Å². The second kappa shape index (κ2) is 10.3. The first-order chi connectivity index (χ1) is 15.7. The summed E-state index contributed by atoms with van der Waals surface area (Å²) in [5.74, 6) is -0.346. The summed E-state index contributed by atoms with van der Waals surface area (Å²) in [7, 11) is -2.33. The van der Waals surface area contributed by atoms with E-state index in [-0.39, 0.29) is 17.9 Å². The van der Waals surface area contributed by atoms with Crippen LogP contribution in [0.4, 0.5) is 11.4 Å². The van der Waals surface area contributed by atoms with Gasteiger partial charge in [0.1, 0.15) is 0 Å².